The number of aliphatic carboxylic acids is 1. The van der Waals surface area contributed by atoms with Crippen LogP contribution < -0.4 is 55.3 Å². The number of nitrogens with zero attached hydrogens (tertiary/aromatic N) is 3. The minimum atomic E-state index is -1.19. The zero-order valence-corrected chi connectivity index (χ0v) is 33.7. The number of carboxylic acids is 1. The summed E-state index contributed by atoms with van der Waals surface area (Å²) < 4.78 is 0. The fraction of sp³-hybridized carbons (Fsp3) is 0.735. The predicted octanol–water partition coefficient (Wildman–Crippen LogP) is -3.43. The Bertz CT molecular complexity index is 1410. The van der Waals surface area contributed by atoms with E-state index in [2.05, 4.69) is 49.2 Å². The van der Waals surface area contributed by atoms with Gasteiger partial charge in [-0.2, -0.15) is 12.6 Å². The number of carboxylic acid groups (broad SMARTS) is 1. The molecule has 21 nitrogen and oxygen atoms in total. The van der Waals surface area contributed by atoms with Gasteiger partial charge in [-0.05, 0) is 56.8 Å². The van der Waals surface area contributed by atoms with Crippen molar-refractivity contribution in [3.05, 3.63) is 0 Å². The van der Waals surface area contributed by atoms with Gasteiger partial charge in [0.2, 0.25) is 35.4 Å². The van der Waals surface area contributed by atoms with Crippen LogP contribution >= 0.6 is 12.6 Å². The quantitative estimate of drug-likeness (QED) is 0.0185. The standard InChI is InChI=1S/C34H63N13O8S/c1-5-19(4)26(30(52)45-22(32(54)55)15-18(2)3)46-29(51)24-11-8-14-47(24)31(53)23(17-56)43-25(48)16-42-28(50)21(10-7-13-41-34(38)39)44-27(49)20(35)9-6-12-40-33(36)37/h18-24,26,56H,5-17,35H2,1-4H3,(H,42,50)(H,43,48)(H,44,49)(H,45,52)(H,46,51)(H,54,55)(H4,36,37,40)(H4,38,39,41). The molecule has 1 aliphatic rings. The number of hydrogen-bond donors (Lipinski definition) is 12. The first kappa shape index (κ1) is 49.2. The summed E-state index contributed by atoms with van der Waals surface area (Å²) in [7, 11) is 0. The van der Waals surface area contributed by atoms with Crippen LogP contribution in [0, 0.1) is 11.8 Å². The van der Waals surface area contributed by atoms with E-state index in [1.807, 2.05) is 20.8 Å². The number of amides is 6. The van der Waals surface area contributed by atoms with E-state index in [0.717, 1.165) is 0 Å². The molecular weight excluding hydrogens is 751 g/mol. The zero-order chi connectivity index (χ0) is 42.5. The first-order chi connectivity index (χ1) is 26.3. The van der Waals surface area contributed by atoms with Crippen LogP contribution in [0.4, 0.5) is 0 Å². The van der Waals surface area contributed by atoms with E-state index in [-0.39, 0.29) is 74.8 Å². The van der Waals surface area contributed by atoms with Crippen LogP contribution in [0.25, 0.3) is 0 Å². The summed E-state index contributed by atoms with van der Waals surface area (Å²) in [5.74, 6) is -5.82. The highest BCUT2D eigenvalue weighted by Gasteiger charge is 2.40. The lowest BCUT2D eigenvalue weighted by atomic mass is 9.96. The Balaban J connectivity index is 2.95. The Kier molecular flexibility index (Phi) is 22.2. The molecule has 0 saturated carbocycles. The fourth-order valence-electron chi connectivity index (χ4n) is 5.83. The summed E-state index contributed by atoms with van der Waals surface area (Å²) in [6.07, 6.45) is 2.49. The number of hydrogen-bond acceptors (Lipinski definition) is 11. The molecule has 1 rings (SSSR count). The van der Waals surface area contributed by atoms with Gasteiger partial charge in [-0.1, -0.05) is 34.1 Å². The number of nitrogens with one attached hydrogen (secondary N) is 5. The van der Waals surface area contributed by atoms with Gasteiger partial charge < -0.3 is 65.3 Å². The Morgan fingerprint density at radius 3 is 1.95 bits per heavy atom. The third kappa shape index (κ3) is 17.7. The van der Waals surface area contributed by atoms with E-state index < -0.39 is 84.2 Å². The van der Waals surface area contributed by atoms with Crippen LogP contribution in [0.2, 0.25) is 0 Å². The van der Waals surface area contributed by atoms with E-state index in [4.69, 9.17) is 28.7 Å². The molecule has 7 unspecified atom stereocenters. The summed E-state index contributed by atoms with van der Waals surface area (Å²) in [5, 5.41) is 22.5. The molecule has 7 atom stereocenters. The van der Waals surface area contributed by atoms with Crippen molar-refractivity contribution in [1.29, 1.82) is 0 Å². The average Bonchev–Trinajstić information content (AvgIpc) is 3.63. The zero-order valence-electron chi connectivity index (χ0n) is 32.8. The maximum Gasteiger partial charge on any atom is 0.326 e. The molecule has 0 aromatic rings. The Hall–Kier alpha value is -4.86. The third-order valence-electron chi connectivity index (χ3n) is 9.08. The van der Waals surface area contributed by atoms with Crippen LogP contribution in [0.1, 0.15) is 79.1 Å². The van der Waals surface area contributed by atoms with Gasteiger partial charge in [0.05, 0.1) is 12.6 Å². The van der Waals surface area contributed by atoms with Gasteiger partial charge in [0.15, 0.2) is 11.9 Å². The molecule has 56 heavy (non-hydrogen) atoms. The molecule has 16 N–H and O–H groups in total. The monoisotopic (exact) mass is 813 g/mol. The highest BCUT2D eigenvalue weighted by Crippen LogP contribution is 2.20. The number of likely N-dealkylation sites (tertiary alicyclic amines) is 1. The van der Waals surface area contributed by atoms with Gasteiger partial charge in [0.25, 0.3) is 0 Å². The van der Waals surface area contributed by atoms with E-state index in [0.29, 0.717) is 25.7 Å². The summed E-state index contributed by atoms with van der Waals surface area (Å²) in [5.41, 5.74) is 27.4. The minimum Gasteiger partial charge on any atom is -0.480 e. The maximum atomic E-state index is 13.7. The topological polar surface area (TPSA) is 358 Å². The molecule has 318 valence electrons. The molecule has 0 bridgehead atoms. The Labute approximate surface area is 333 Å². The van der Waals surface area contributed by atoms with Gasteiger partial charge in [0.1, 0.15) is 30.2 Å². The smallest absolute Gasteiger partial charge is 0.326 e. The second kappa shape index (κ2) is 25.3. The molecule has 1 saturated heterocycles. The highest BCUT2D eigenvalue weighted by molar-refractivity contribution is 7.80. The van der Waals surface area contributed by atoms with E-state index in [9.17, 15) is 38.7 Å². The summed E-state index contributed by atoms with van der Waals surface area (Å²) >= 11 is 4.24. The molecule has 0 radical (unpaired) electrons. The molecule has 6 amide bonds. The van der Waals surface area contributed by atoms with Crippen LogP contribution in [0.15, 0.2) is 9.98 Å². The van der Waals surface area contributed by atoms with Gasteiger partial charge in [-0.15, -0.1) is 0 Å². The summed E-state index contributed by atoms with van der Waals surface area (Å²) in [6.45, 7) is 7.30. The molecule has 0 aromatic heterocycles. The molecule has 0 aliphatic carbocycles. The predicted molar refractivity (Wildman–Crippen MR) is 214 cm³/mol. The first-order valence-electron chi connectivity index (χ1n) is 18.8. The van der Waals surface area contributed by atoms with Crippen molar-refractivity contribution in [3.8, 4) is 0 Å². The maximum absolute atomic E-state index is 13.7. The third-order valence-corrected chi connectivity index (χ3v) is 9.44. The van der Waals surface area contributed by atoms with Crippen molar-refractivity contribution in [2.24, 2.45) is 50.5 Å². The molecule has 0 spiro atoms. The van der Waals surface area contributed by atoms with Crippen LogP contribution in [0.3, 0.4) is 0 Å². The SMILES string of the molecule is CCC(C)C(NC(=O)C1CCCN1C(=O)C(CS)NC(=O)CNC(=O)C(CCCN=C(N)N)NC(=O)C(N)CCCN=C(N)N)C(=O)NC(CC(C)C)C(=O)O. The minimum absolute atomic E-state index is 0.00971. The lowest BCUT2D eigenvalue weighted by Gasteiger charge is -2.31. The fourth-order valence-corrected chi connectivity index (χ4v) is 6.08. The molecule has 0 aromatic carbocycles. The number of thiol groups is 1. The molecule has 22 heteroatoms. The largest absolute Gasteiger partial charge is 0.480 e. The molecule has 1 fully saturated rings. The van der Waals surface area contributed by atoms with Crippen molar-refractivity contribution in [2.45, 2.75) is 115 Å². The van der Waals surface area contributed by atoms with Crippen LogP contribution in [-0.4, -0.2) is 132 Å². The molecular formula is C34H63N13O8S. The number of nitrogens with two attached hydrogens (primary N) is 5. The van der Waals surface area contributed by atoms with E-state index in [1.165, 1.54) is 4.90 Å². The van der Waals surface area contributed by atoms with Crippen molar-refractivity contribution >= 4 is 66.0 Å². The molecule has 1 heterocycles. The van der Waals surface area contributed by atoms with Crippen LogP contribution in [-0.2, 0) is 33.6 Å². The number of aliphatic imine (C=N–C) groups is 2. The summed E-state index contributed by atoms with van der Waals surface area (Å²) in [6, 6.07) is -6.42. The lowest BCUT2D eigenvalue weighted by molar-refractivity contribution is -0.144. The number of guanidine groups is 2. The van der Waals surface area contributed by atoms with Crippen molar-refractivity contribution in [3.63, 3.8) is 0 Å². The van der Waals surface area contributed by atoms with Crippen LogP contribution in [0.5, 0.6) is 0 Å². The average molecular weight is 814 g/mol. The van der Waals surface area contributed by atoms with Gasteiger partial charge in [-0.25, -0.2) is 4.79 Å². The normalized spacial score (nSPS) is 16.9. The van der Waals surface area contributed by atoms with E-state index >= 15 is 0 Å². The Morgan fingerprint density at radius 2 is 1.41 bits per heavy atom. The van der Waals surface area contributed by atoms with Crippen molar-refractivity contribution < 1.29 is 38.7 Å². The lowest BCUT2D eigenvalue weighted by Crippen LogP contribution is -2.59. The second-order valence-electron chi connectivity index (χ2n) is 14.2. The van der Waals surface area contributed by atoms with Gasteiger partial charge in [-0.3, -0.25) is 38.8 Å². The van der Waals surface area contributed by atoms with E-state index in [1.54, 1.807) is 6.92 Å². The number of carbonyl (C=O) groups excluding carboxylic acids is 6. The summed E-state index contributed by atoms with van der Waals surface area (Å²) in [4.78, 5) is 100. The first-order valence-corrected chi connectivity index (χ1v) is 19.4. The number of carbonyl (C=O) groups is 7. The molecule has 1 aliphatic heterocycles. The Morgan fingerprint density at radius 1 is 0.821 bits per heavy atom. The number of rotatable bonds is 25. The van der Waals surface area contributed by atoms with Crippen molar-refractivity contribution in [1.82, 2.24) is 31.5 Å². The van der Waals surface area contributed by atoms with Gasteiger partial charge >= 0.3 is 5.97 Å². The van der Waals surface area contributed by atoms with Gasteiger partial charge in [0, 0.05) is 25.4 Å². The second-order valence-corrected chi connectivity index (χ2v) is 14.5. The highest BCUT2D eigenvalue weighted by atomic mass is 32.1. The van der Waals surface area contributed by atoms with Crippen molar-refractivity contribution in [2.75, 3.05) is 31.9 Å².